The summed E-state index contributed by atoms with van der Waals surface area (Å²) in [5.74, 6) is -0.0206. The number of aryl methyl sites for hydroxylation is 2. The summed E-state index contributed by atoms with van der Waals surface area (Å²) in [5.41, 5.74) is 4.82. The van der Waals surface area contributed by atoms with Gasteiger partial charge < -0.3 is 15.5 Å². The number of nitrogens with zero attached hydrogens (tertiary/aromatic N) is 1. The fraction of sp³-hybridized carbons (Fsp3) is 0.391. The zero-order valence-electron chi connectivity index (χ0n) is 16.8. The maximum Gasteiger partial charge on any atom is 0.256 e. The van der Waals surface area contributed by atoms with Crippen molar-refractivity contribution in [2.24, 2.45) is 0 Å². The first-order valence-corrected chi connectivity index (χ1v) is 10.00. The normalized spacial score (nSPS) is 13.4. The van der Waals surface area contributed by atoms with Crippen LogP contribution < -0.4 is 10.6 Å². The lowest BCUT2D eigenvalue weighted by Crippen LogP contribution is -2.33. The molecule has 148 valence electrons. The van der Waals surface area contributed by atoms with Gasteiger partial charge in [0.2, 0.25) is 5.91 Å². The summed E-state index contributed by atoms with van der Waals surface area (Å²) in [5, 5.41) is 6.11. The van der Waals surface area contributed by atoms with Crippen molar-refractivity contribution in [1.29, 1.82) is 0 Å². The van der Waals surface area contributed by atoms with Crippen LogP contribution in [0.1, 0.15) is 39.9 Å². The van der Waals surface area contributed by atoms with Crippen LogP contribution in [0.4, 0.5) is 5.69 Å². The summed E-state index contributed by atoms with van der Waals surface area (Å²) in [6, 6.07) is 13.9. The lowest BCUT2D eigenvalue weighted by molar-refractivity contribution is -0.119. The van der Waals surface area contributed by atoms with Crippen molar-refractivity contribution in [3.8, 4) is 0 Å². The molecular formula is C23H29N3O2. The molecule has 2 aromatic carbocycles. The van der Waals surface area contributed by atoms with Crippen molar-refractivity contribution in [3.63, 3.8) is 0 Å². The van der Waals surface area contributed by atoms with Crippen LogP contribution in [-0.2, 0) is 11.2 Å². The van der Waals surface area contributed by atoms with Gasteiger partial charge in [0, 0.05) is 25.3 Å². The first-order chi connectivity index (χ1) is 13.6. The molecule has 1 fully saturated rings. The van der Waals surface area contributed by atoms with Crippen LogP contribution >= 0.6 is 0 Å². The van der Waals surface area contributed by atoms with Gasteiger partial charge in [-0.05, 0) is 55.9 Å². The highest BCUT2D eigenvalue weighted by atomic mass is 16.2. The summed E-state index contributed by atoms with van der Waals surface area (Å²) in [6.07, 6.45) is 2.93. The molecule has 5 nitrogen and oxygen atoms in total. The van der Waals surface area contributed by atoms with Gasteiger partial charge in [-0.3, -0.25) is 9.59 Å². The third-order valence-corrected chi connectivity index (χ3v) is 5.30. The van der Waals surface area contributed by atoms with Crippen molar-refractivity contribution in [2.45, 2.75) is 33.1 Å². The molecule has 0 radical (unpaired) electrons. The average molecular weight is 380 g/mol. The molecule has 0 aromatic heterocycles. The summed E-state index contributed by atoms with van der Waals surface area (Å²) in [7, 11) is 0. The number of nitrogens with one attached hydrogen (secondary N) is 2. The van der Waals surface area contributed by atoms with Gasteiger partial charge in [0.15, 0.2) is 0 Å². The minimum atomic E-state index is -0.0744. The molecule has 2 N–H and O–H groups in total. The van der Waals surface area contributed by atoms with Crippen molar-refractivity contribution in [1.82, 2.24) is 10.2 Å². The Kier molecular flexibility index (Phi) is 6.69. The van der Waals surface area contributed by atoms with Gasteiger partial charge in [-0.1, -0.05) is 36.4 Å². The number of benzene rings is 2. The van der Waals surface area contributed by atoms with Gasteiger partial charge in [0.1, 0.15) is 0 Å². The Morgan fingerprint density at radius 2 is 1.68 bits per heavy atom. The largest absolute Gasteiger partial charge is 0.376 e. The second-order valence-electron chi connectivity index (χ2n) is 7.38. The SMILES string of the molecule is Cc1ccccc1CCNC(=O)CNc1cccc(C)c1C(=O)N1CCCC1. The topological polar surface area (TPSA) is 61.4 Å². The lowest BCUT2D eigenvalue weighted by Gasteiger charge is -2.20. The molecule has 2 aromatic rings. The van der Waals surface area contributed by atoms with Crippen molar-refractivity contribution in [2.75, 3.05) is 31.5 Å². The van der Waals surface area contributed by atoms with E-state index in [4.69, 9.17) is 0 Å². The molecule has 5 heteroatoms. The number of carbonyl (C=O) groups excluding carboxylic acids is 2. The minimum Gasteiger partial charge on any atom is -0.376 e. The van der Waals surface area contributed by atoms with Crippen molar-refractivity contribution < 1.29 is 9.59 Å². The average Bonchev–Trinajstić information content (AvgIpc) is 3.22. The smallest absolute Gasteiger partial charge is 0.256 e. The molecule has 2 amide bonds. The van der Waals surface area contributed by atoms with Crippen LogP contribution in [0, 0.1) is 13.8 Å². The molecule has 0 aliphatic carbocycles. The molecule has 1 heterocycles. The van der Waals surface area contributed by atoms with E-state index in [1.165, 1.54) is 11.1 Å². The molecule has 0 unspecified atom stereocenters. The molecule has 0 bridgehead atoms. The number of carbonyl (C=O) groups is 2. The molecule has 0 spiro atoms. The van der Waals surface area contributed by atoms with E-state index in [2.05, 4.69) is 29.7 Å². The third-order valence-electron chi connectivity index (χ3n) is 5.30. The molecular weight excluding hydrogens is 350 g/mol. The maximum atomic E-state index is 12.9. The van der Waals surface area contributed by atoms with Crippen LogP contribution in [-0.4, -0.2) is 42.9 Å². The number of hydrogen-bond donors (Lipinski definition) is 2. The van der Waals surface area contributed by atoms with E-state index in [1.807, 2.05) is 42.2 Å². The van der Waals surface area contributed by atoms with E-state index in [-0.39, 0.29) is 18.4 Å². The predicted molar refractivity (Wildman–Crippen MR) is 113 cm³/mol. The van der Waals surface area contributed by atoms with E-state index < -0.39 is 0 Å². The molecule has 1 saturated heterocycles. The quantitative estimate of drug-likeness (QED) is 0.776. The molecule has 1 aliphatic heterocycles. The zero-order valence-corrected chi connectivity index (χ0v) is 16.8. The lowest BCUT2D eigenvalue weighted by atomic mass is 10.0. The van der Waals surface area contributed by atoms with Gasteiger partial charge in [-0.25, -0.2) is 0 Å². The Labute approximate surface area is 167 Å². The molecule has 0 atom stereocenters. The highest BCUT2D eigenvalue weighted by molar-refractivity contribution is 6.01. The Morgan fingerprint density at radius 3 is 2.43 bits per heavy atom. The summed E-state index contributed by atoms with van der Waals surface area (Å²) >= 11 is 0. The maximum absolute atomic E-state index is 12.9. The van der Waals surface area contributed by atoms with E-state index in [1.54, 1.807) is 0 Å². The Bertz CT molecular complexity index is 841. The molecule has 3 rings (SSSR count). The highest BCUT2D eigenvalue weighted by Crippen LogP contribution is 2.23. The molecule has 28 heavy (non-hydrogen) atoms. The van der Waals surface area contributed by atoms with Crippen LogP contribution in [0.15, 0.2) is 42.5 Å². The van der Waals surface area contributed by atoms with E-state index in [0.717, 1.165) is 43.6 Å². The highest BCUT2D eigenvalue weighted by Gasteiger charge is 2.23. The molecule has 1 aliphatic rings. The standard InChI is InChI=1S/C23H29N3O2/c1-17-8-3-4-10-19(17)12-13-24-21(27)16-25-20-11-7-9-18(2)22(20)23(28)26-14-5-6-15-26/h3-4,7-11,25H,5-6,12-16H2,1-2H3,(H,24,27). The monoisotopic (exact) mass is 379 g/mol. The second-order valence-corrected chi connectivity index (χ2v) is 7.38. The third kappa shape index (κ3) is 4.91. The molecule has 0 saturated carbocycles. The number of amides is 2. The van der Waals surface area contributed by atoms with E-state index in [9.17, 15) is 9.59 Å². The number of hydrogen-bond acceptors (Lipinski definition) is 3. The van der Waals surface area contributed by atoms with Crippen LogP contribution in [0.25, 0.3) is 0 Å². The van der Waals surface area contributed by atoms with Gasteiger partial charge in [-0.15, -0.1) is 0 Å². The summed E-state index contributed by atoms with van der Waals surface area (Å²) < 4.78 is 0. The van der Waals surface area contributed by atoms with E-state index in [0.29, 0.717) is 12.1 Å². The van der Waals surface area contributed by atoms with Crippen LogP contribution in [0.3, 0.4) is 0 Å². The van der Waals surface area contributed by atoms with Crippen molar-refractivity contribution in [3.05, 3.63) is 64.7 Å². The van der Waals surface area contributed by atoms with Gasteiger partial charge in [0.05, 0.1) is 12.1 Å². The van der Waals surface area contributed by atoms with Gasteiger partial charge in [-0.2, -0.15) is 0 Å². The van der Waals surface area contributed by atoms with Gasteiger partial charge in [0.25, 0.3) is 5.91 Å². The second kappa shape index (κ2) is 9.40. The fourth-order valence-electron chi connectivity index (χ4n) is 3.64. The zero-order chi connectivity index (χ0) is 19.9. The summed E-state index contributed by atoms with van der Waals surface area (Å²) in [4.78, 5) is 27.0. The predicted octanol–water partition coefficient (Wildman–Crippen LogP) is 3.31. The van der Waals surface area contributed by atoms with E-state index >= 15 is 0 Å². The Balaban J connectivity index is 1.55. The first kappa shape index (κ1) is 19.9. The fourth-order valence-corrected chi connectivity index (χ4v) is 3.64. The Hall–Kier alpha value is -2.82. The number of likely N-dealkylation sites (tertiary alicyclic amines) is 1. The number of rotatable bonds is 7. The van der Waals surface area contributed by atoms with Crippen molar-refractivity contribution >= 4 is 17.5 Å². The van der Waals surface area contributed by atoms with Crippen LogP contribution in [0.5, 0.6) is 0 Å². The Morgan fingerprint density at radius 1 is 0.964 bits per heavy atom. The summed E-state index contributed by atoms with van der Waals surface area (Å²) in [6.45, 7) is 6.39. The minimum absolute atomic E-state index is 0.0538. The van der Waals surface area contributed by atoms with Gasteiger partial charge >= 0.3 is 0 Å². The van der Waals surface area contributed by atoms with Crippen LogP contribution in [0.2, 0.25) is 0 Å². The number of anilines is 1. The first-order valence-electron chi connectivity index (χ1n) is 10.00.